The zero-order valence-corrected chi connectivity index (χ0v) is 9.07. The molecule has 1 fully saturated rings. The van der Waals surface area contributed by atoms with Gasteiger partial charge in [0.25, 0.3) is 5.91 Å². The highest BCUT2D eigenvalue weighted by Gasteiger charge is 2.19. The molecule has 1 aromatic carbocycles. The summed E-state index contributed by atoms with van der Waals surface area (Å²) in [6.07, 6.45) is 3.64. The summed E-state index contributed by atoms with van der Waals surface area (Å²) >= 11 is 0. The summed E-state index contributed by atoms with van der Waals surface area (Å²) in [4.78, 5) is 11.8. The van der Waals surface area contributed by atoms with Crippen molar-refractivity contribution in [3.63, 3.8) is 0 Å². The van der Waals surface area contributed by atoms with Crippen LogP contribution in [0.2, 0.25) is 0 Å². The number of aromatic hydroxyl groups is 1. The Morgan fingerprint density at radius 2 is 2.25 bits per heavy atom. The van der Waals surface area contributed by atoms with Crippen LogP contribution in [-0.4, -0.2) is 17.6 Å². The monoisotopic (exact) mass is 220 g/mol. The SMILES string of the molecule is Nc1ccc(O)cc1C(=O)NCC1CCC1. The molecule has 86 valence electrons. The molecule has 0 bridgehead atoms. The van der Waals surface area contributed by atoms with Gasteiger partial charge < -0.3 is 16.2 Å². The molecule has 0 aliphatic heterocycles. The highest BCUT2D eigenvalue weighted by Crippen LogP contribution is 2.25. The van der Waals surface area contributed by atoms with Crippen molar-refractivity contribution in [2.75, 3.05) is 12.3 Å². The van der Waals surface area contributed by atoms with Gasteiger partial charge >= 0.3 is 0 Å². The first-order valence-corrected chi connectivity index (χ1v) is 5.53. The van der Waals surface area contributed by atoms with Crippen molar-refractivity contribution in [2.24, 2.45) is 5.92 Å². The number of anilines is 1. The second kappa shape index (κ2) is 4.43. The third kappa shape index (κ3) is 2.27. The zero-order valence-electron chi connectivity index (χ0n) is 9.07. The van der Waals surface area contributed by atoms with Gasteiger partial charge in [0.1, 0.15) is 5.75 Å². The maximum atomic E-state index is 11.8. The number of rotatable bonds is 3. The zero-order chi connectivity index (χ0) is 11.5. The number of carbonyl (C=O) groups is 1. The summed E-state index contributed by atoms with van der Waals surface area (Å²) in [5.74, 6) is 0.464. The van der Waals surface area contributed by atoms with Gasteiger partial charge in [-0.1, -0.05) is 6.42 Å². The number of phenolic OH excluding ortho intramolecular Hbond substituents is 1. The van der Waals surface area contributed by atoms with Crippen LogP contribution in [0, 0.1) is 5.92 Å². The molecule has 1 aliphatic rings. The summed E-state index contributed by atoms with van der Waals surface area (Å²) in [5, 5.41) is 12.1. The molecule has 0 radical (unpaired) electrons. The van der Waals surface area contributed by atoms with Crippen LogP contribution < -0.4 is 11.1 Å². The molecule has 4 nitrogen and oxygen atoms in total. The van der Waals surface area contributed by atoms with Crippen LogP contribution in [-0.2, 0) is 0 Å². The lowest BCUT2D eigenvalue weighted by molar-refractivity contribution is 0.0939. The van der Waals surface area contributed by atoms with Crippen molar-refractivity contribution < 1.29 is 9.90 Å². The number of phenols is 1. The molecular weight excluding hydrogens is 204 g/mol. The highest BCUT2D eigenvalue weighted by atomic mass is 16.3. The van der Waals surface area contributed by atoms with E-state index in [-0.39, 0.29) is 11.7 Å². The summed E-state index contributed by atoms with van der Waals surface area (Å²) in [7, 11) is 0. The minimum Gasteiger partial charge on any atom is -0.508 e. The lowest BCUT2D eigenvalue weighted by Gasteiger charge is -2.25. The topological polar surface area (TPSA) is 75.3 Å². The van der Waals surface area contributed by atoms with E-state index in [4.69, 9.17) is 5.73 Å². The van der Waals surface area contributed by atoms with Gasteiger partial charge in [0, 0.05) is 12.2 Å². The summed E-state index contributed by atoms with van der Waals surface area (Å²) in [5.41, 5.74) is 6.41. The summed E-state index contributed by atoms with van der Waals surface area (Å²) < 4.78 is 0. The Labute approximate surface area is 94.5 Å². The summed E-state index contributed by atoms with van der Waals surface area (Å²) in [6.45, 7) is 0.702. The van der Waals surface area contributed by atoms with Crippen molar-refractivity contribution in [2.45, 2.75) is 19.3 Å². The third-order valence-corrected chi connectivity index (χ3v) is 3.06. The van der Waals surface area contributed by atoms with Crippen molar-refractivity contribution >= 4 is 11.6 Å². The van der Waals surface area contributed by atoms with Crippen LogP contribution in [0.15, 0.2) is 18.2 Å². The fourth-order valence-corrected chi connectivity index (χ4v) is 1.77. The standard InChI is InChI=1S/C12H16N2O2/c13-11-5-4-9(15)6-10(11)12(16)14-7-8-2-1-3-8/h4-6,8,15H,1-3,7,13H2,(H,14,16). The van der Waals surface area contributed by atoms with Gasteiger partial charge in [0.15, 0.2) is 0 Å². The van der Waals surface area contributed by atoms with E-state index in [1.165, 1.54) is 37.5 Å². The number of benzene rings is 1. The van der Waals surface area contributed by atoms with E-state index in [2.05, 4.69) is 5.32 Å². The molecule has 0 heterocycles. The van der Waals surface area contributed by atoms with Gasteiger partial charge in [-0.3, -0.25) is 4.79 Å². The molecular formula is C12H16N2O2. The van der Waals surface area contributed by atoms with Crippen molar-refractivity contribution in [3.8, 4) is 5.75 Å². The molecule has 0 atom stereocenters. The van der Waals surface area contributed by atoms with E-state index in [1.807, 2.05) is 0 Å². The van der Waals surface area contributed by atoms with Crippen LogP contribution in [0.1, 0.15) is 29.6 Å². The van der Waals surface area contributed by atoms with E-state index >= 15 is 0 Å². The van der Waals surface area contributed by atoms with Gasteiger partial charge in [-0.2, -0.15) is 0 Å². The van der Waals surface area contributed by atoms with Crippen LogP contribution in [0.3, 0.4) is 0 Å². The first-order valence-electron chi connectivity index (χ1n) is 5.53. The molecule has 1 aromatic rings. The second-order valence-corrected chi connectivity index (χ2v) is 4.28. The van der Waals surface area contributed by atoms with Crippen molar-refractivity contribution in [1.82, 2.24) is 5.32 Å². The second-order valence-electron chi connectivity index (χ2n) is 4.28. The van der Waals surface area contributed by atoms with Crippen LogP contribution in [0.25, 0.3) is 0 Å². The minimum absolute atomic E-state index is 0.0583. The smallest absolute Gasteiger partial charge is 0.253 e. The minimum atomic E-state index is -0.208. The van der Waals surface area contributed by atoms with Gasteiger partial charge in [-0.15, -0.1) is 0 Å². The largest absolute Gasteiger partial charge is 0.508 e. The average Bonchev–Trinajstić information content (AvgIpc) is 2.19. The quantitative estimate of drug-likeness (QED) is 0.534. The molecule has 1 amide bonds. The Morgan fingerprint density at radius 3 is 2.88 bits per heavy atom. The molecule has 0 spiro atoms. The van der Waals surface area contributed by atoms with Crippen LogP contribution in [0.5, 0.6) is 5.75 Å². The maximum absolute atomic E-state index is 11.8. The van der Waals surface area contributed by atoms with Gasteiger partial charge in [0.05, 0.1) is 5.56 Å². The molecule has 0 aromatic heterocycles. The Bertz CT molecular complexity index is 400. The normalized spacial score (nSPS) is 15.5. The molecule has 0 unspecified atom stereocenters. The molecule has 1 aliphatic carbocycles. The lowest BCUT2D eigenvalue weighted by atomic mass is 9.85. The number of nitrogens with two attached hydrogens (primary N) is 1. The Hall–Kier alpha value is -1.71. The molecule has 2 rings (SSSR count). The van der Waals surface area contributed by atoms with E-state index in [1.54, 1.807) is 0 Å². The average molecular weight is 220 g/mol. The fraction of sp³-hybridized carbons (Fsp3) is 0.417. The number of amides is 1. The molecule has 1 saturated carbocycles. The van der Waals surface area contributed by atoms with E-state index in [0.29, 0.717) is 23.7 Å². The third-order valence-electron chi connectivity index (χ3n) is 3.06. The van der Waals surface area contributed by atoms with Gasteiger partial charge in [0.2, 0.25) is 0 Å². The highest BCUT2D eigenvalue weighted by molar-refractivity contribution is 5.99. The van der Waals surface area contributed by atoms with Crippen molar-refractivity contribution in [1.29, 1.82) is 0 Å². The molecule has 16 heavy (non-hydrogen) atoms. The number of hydrogen-bond donors (Lipinski definition) is 3. The number of nitrogen functional groups attached to an aromatic ring is 1. The lowest BCUT2D eigenvalue weighted by Crippen LogP contribution is -2.32. The Kier molecular flexibility index (Phi) is 2.99. The molecule has 4 heteroatoms. The van der Waals surface area contributed by atoms with E-state index < -0.39 is 0 Å². The first kappa shape index (κ1) is 10.8. The first-order chi connectivity index (χ1) is 7.66. The maximum Gasteiger partial charge on any atom is 0.253 e. The van der Waals surface area contributed by atoms with Crippen molar-refractivity contribution in [3.05, 3.63) is 23.8 Å². The van der Waals surface area contributed by atoms with E-state index in [9.17, 15) is 9.90 Å². The number of carbonyl (C=O) groups excluding carboxylic acids is 1. The van der Waals surface area contributed by atoms with Gasteiger partial charge in [-0.05, 0) is 37.0 Å². The Morgan fingerprint density at radius 1 is 1.50 bits per heavy atom. The molecule has 0 saturated heterocycles. The fourth-order valence-electron chi connectivity index (χ4n) is 1.77. The predicted molar refractivity (Wildman–Crippen MR) is 62.2 cm³/mol. The number of nitrogens with one attached hydrogen (secondary N) is 1. The molecule has 4 N–H and O–H groups in total. The number of hydrogen-bond acceptors (Lipinski definition) is 3. The Balaban J connectivity index is 1.99. The van der Waals surface area contributed by atoms with Gasteiger partial charge in [-0.25, -0.2) is 0 Å². The summed E-state index contributed by atoms with van der Waals surface area (Å²) in [6, 6.07) is 4.40. The van der Waals surface area contributed by atoms with E-state index in [0.717, 1.165) is 0 Å². The van der Waals surface area contributed by atoms with Crippen LogP contribution >= 0.6 is 0 Å². The van der Waals surface area contributed by atoms with Crippen LogP contribution in [0.4, 0.5) is 5.69 Å². The predicted octanol–water partition coefficient (Wildman–Crippen LogP) is 1.50.